The van der Waals surface area contributed by atoms with Crippen molar-refractivity contribution in [1.29, 1.82) is 0 Å². The first-order chi connectivity index (χ1) is 7.30. The summed E-state index contributed by atoms with van der Waals surface area (Å²) in [5.41, 5.74) is 6.69. The molecule has 0 saturated heterocycles. The quantitative estimate of drug-likeness (QED) is 0.778. The van der Waals surface area contributed by atoms with Crippen molar-refractivity contribution in [2.45, 2.75) is 26.1 Å². The second kappa shape index (κ2) is 6.43. The molecule has 3 heteroatoms. The normalized spacial score (nSPS) is 12.5. The van der Waals surface area contributed by atoms with Crippen LogP contribution in [-0.4, -0.2) is 19.8 Å². The molecule has 1 aromatic carbocycles. The van der Waals surface area contributed by atoms with Gasteiger partial charge in [0.15, 0.2) is 0 Å². The molecule has 1 unspecified atom stereocenters. The highest BCUT2D eigenvalue weighted by Crippen LogP contribution is 2.16. The Balaban J connectivity index is 2.64. The molecule has 0 amide bonds. The molecule has 15 heavy (non-hydrogen) atoms. The summed E-state index contributed by atoms with van der Waals surface area (Å²) in [6.07, 6.45) is 1.02. The van der Waals surface area contributed by atoms with Gasteiger partial charge in [0, 0.05) is 13.7 Å². The fourth-order valence-corrected chi connectivity index (χ4v) is 1.37. The maximum absolute atomic E-state index is 5.72. The van der Waals surface area contributed by atoms with Crippen molar-refractivity contribution >= 4 is 0 Å². The highest BCUT2D eigenvalue weighted by Gasteiger charge is 2.05. The molecular weight excluding hydrogens is 190 g/mol. The summed E-state index contributed by atoms with van der Waals surface area (Å²) in [5.74, 6) is 0.863. The number of hydrogen-bond donors (Lipinski definition) is 1. The van der Waals surface area contributed by atoms with E-state index in [9.17, 15) is 0 Å². The van der Waals surface area contributed by atoms with Crippen LogP contribution in [0.2, 0.25) is 0 Å². The SMILES string of the molecule is CCC(CN)Oc1cccc(COC)c1. The molecule has 0 bridgehead atoms. The van der Waals surface area contributed by atoms with Gasteiger partial charge in [-0.05, 0) is 24.1 Å². The van der Waals surface area contributed by atoms with Crippen molar-refractivity contribution in [3.8, 4) is 5.75 Å². The molecule has 0 radical (unpaired) electrons. The van der Waals surface area contributed by atoms with Gasteiger partial charge in [-0.15, -0.1) is 0 Å². The molecule has 0 aromatic heterocycles. The first-order valence-electron chi connectivity index (χ1n) is 5.24. The van der Waals surface area contributed by atoms with Gasteiger partial charge in [-0.2, -0.15) is 0 Å². The average Bonchev–Trinajstić information content (AvgIpc) is 2.27. The Morgan fingerprint density at radius 3 is 2.80 bits per heavy atom. The average molecular weight is 209 g/mol. The van der Waals surface area contributed by atoms with Crippen LogP contribution >= 0.6 is 0 Å². The fraction of sp³-hybridized carbons (Fsp3) is 0.500. The predicted octanol–water partition coefficient (Wildman–Crippen LogP) is 1.95. The van der Waals surface area contributed by atoms with Crippen molar-refractivity contribution in [2.75, 3.05) is 13.7 Å². The van der Waals surface area contributed by atoms with E-state index in [2.05, 4.69) is 6.92 Å². The number of ether oxygens (including phenoxy) is 2. The topological polar surface area (TPSA) is 44.5 Å². The Bertz CT molecular complexity index is 285. The molecule has 0 spiro atoms. The molecule has 0 aliphatic rings. The fourth-order valence-electron chi connectivity index (χ4n) is 1.37. The van der Waals surface area contributed by atoms with E-state index >= 15 is 0 Å². The zero-order chi connectivity index (χ0) is 11.1. The van der Waals surface area contributed by atoms with Crippen LogP contribution in [0.25, 0.3) is 0 Å². The molecule has 3 nitrogen and oxygen atoms in total. The van der Waals surface area contributed by atoms with E-state index in [1.165, 1.54) is 0 Å². The smallest absolute Gasteiger partial charge is 0.120 e. The first-order valence-corrected chi connectivity index (χ1v) is 5.24. The van der Waals surface area contributed by atoms with Crippen molar-refractivity contribution in [3.05, 3.63) is 29.8 Å². The third-order valence-corrected chi connectivity index (χ3v) is 2.23. The molecule has 1 rings (SSSR count). The van der Waals surface area contributed by atoms with Crippen LogP contribution in [0.15, 0.2) is 24.3 Å². The van der Waals surface area contributed by atoms with Gasteiger partial charge in [0.2, 0.25) is 0 Å². The highest BCUT2D eigenvalue weighted by molar-refractivity contribution is 5.28. The van der Waals surface area contributed by atoms with Crippen LogP contribution < -0.4 is 10.5 Å². The van der Waals surface area contributed by atoms with Crippen LogP contribution in [0, 0.1) is 0 Å². The number of hydrogen-bond acceptors (Lipinski definition) is 3. The van der Waals surface area contributed by atoms with Gasteiger partial charge in [0.1, 0.15) is 11.9 Å². The van der Waals surface area contributed by atoms with Crippen molar-refractivity contribution in [3.63, 3.8) is 0 Å². The summed E-state index contributed by atoms with van der Waals surface area (Å²) in [4.78, 5) is 0. The number of rotatable bonds is 6. The molecule has 1 atom stereocenters. The van der Waals surface area contributed by atoms with Crippen molar-refractivity contribution in [1.82, 2.24) is 0 Å². The zero-order valence-electron chi connectivity index (χ0n) is 9.40. The van der Waals surface area contributed by atoms with Crippen LogP contribution in [0.3, 0.4) is 0 Å². The minimum absolute atomic E-state index is 0.0998. The second-order valence-electron chi connectivity index (χ2n) is 3.46. The highest BCUT2D eigenvalue weighted by atomic mass is 16.5. The van der Waals surface area contributed by atoms with Gasteiger partial charge >= 0.3 is 0 Å². The second-order valence-corrected chi connectivity index (χ2v) is 3.46. The number of methoxy groups -OCH3 is 1. The largest absolute Gasteiger partial charge is 0.489 e. The molecule has 0 saturated carbocycles. The van der Waals surface area contributed by atoms with Gasteiger partial charge in [0.05, 0.1) is 6.61 Å². The molecule has 1 aromatic rings. The maximum Gasteiger partial charge on any atom is 0.120 e. The van der Waals surface area contributed by atoms with Gasteiger partial charge in [-0.3, -0.25) is 0 Å². The minimum atomic E-state index is 0.0998. The Morgan fingerprint density at radius 2 is 2.20 bits per heavy atom. The zero-order valence-corrected chi connectivity index (χ0v) is 9.40. The molecule has 0 aliphatic carbocycles. The minimum Gasteiger partial charge on any atom is -0.489 e. The van der Waals surface area contributed by atoms with E-state index in [0.717, 1.165) is 17.7 Å². The molecule has 0 heterocycles. The van der Waals surface area contributed by atoms with Crippen molar-refractivity contribution < 1.29 is 9.47 Å². The number of benzene rings is 1. The van der Waals surface area contributed by atoms with Crippen LogP contribution in [0.1, 0.15) is 18.9 Å². The number of nitrogens with two attached hydrogens (primary N) is 1. The summed E-state index contributed by atoms with van der Waals surface area (Å²) in [6, 6.07) is 7.91. The standard InChI is InChI=1S/C12H19NO2/c1-3-11(8-13)15-12-6-4-5-10(7-12)9-14-2/h4-7,11H,3,8-9,13H2,1-2H3. The Morgan fingerprint density at radius 1 is 1.40 bits per heavy atom. The summed E-state index contributed by atoms with van der Waals surface area (Å²) < 4.78 is 10.8. The summed E-state index contributed by atoms with van der Waals surface area (Å²) in [7, 11) is 1.68. The van der Waals surface area contributed by atoms with E-state index in [1.807, 2.05) is 24.3 Å². The maximum atomic E-state index is 5.72. The Labute approximate surface area is 91.2 Å². The predicted molar refractivity (Wildman–Crippen MR) is 60.9 cm³/mol. The third kappa shape index (κ3) is 3.90. The van der Waals surface area contributed by atoms with Crippen LogP contribution in [-0.2, 0) is 11.3 Å². The van der Waals surface area contributed by atoms with Gasteiger partial charge < -0.3 is 15.2 Å². The van der Waals surface area contributed by atoms with Gasteiger partial charge in [-0.25, -0.2) is 0 Å². The Hall–Kier alpha value is -1.06. The van der Waals surface area contributed by atoms with E-state index in [0.29, 0.717) is 13.2 Å². The molecule has 2 N–H and O–H groups in total. The summed E-state index contributed by atoms with van der Waals surface area (Å²) in [5, 5.41) is 0. The summed E-state index contributed by atoms with van der Waals surface area (Å²) >= 11 is 0. The van der Waals surface area contributed by atoms with E-state index in [-0.39, 0.29) is 6.10 Å². The lowest BCUT2D eigenvalue weighted by Gasteiger charge is -2.15. The van der Waals surface area contributed by atoms with Crippen molar-refractivity contribution in [2.24, 2.45) is 5.73 Å². The van der Waals surface area contributed by atoms with E-state index < -0.39 is 0 Å². The van der Waals surface area contributed by atoms with Gasteiger partial charge in [0.25, 0.3) is 0 Å². The summed E-state index contributed by atoms with van der Waals surface area (Å²) in [6.45, 7) is 3.22. The van der Waals surface area contributed by atoms with E-state index in [1.54, 1.807) is 7.11 Å². The first kappa shape index (κ1) is 12.0. The lowest BCUT2D eigenvalue weighted by Crippen LogP contribution is -2.25. The van der Waals surface area contributed by atoms with E-state index in [4.69, 9.17) is 15.2 Å². The monoisotopic (exact) mass is 209 g/mol. The lowest BCUT2D eigenvalue weighted by atomic mass is 10.2. The molecule has 0 fully saturated rings. The third-order valence-electron chi connectivity index (χ3n) is 2.23. The lowest BCUT2D eigenvalue weighted by molar-refractivity contribution is 0.182. The van der Waals surface area contributed by atoms with Gasteiger partial charge in [-0.1, -0.05) is 19.1 Å². The van der Waals surface area contributed by atoms with Crippen LogP contribution in [0.4, 0.5) is 0 Å². The molecule has 84 valence electrons. The van der Waals surface area contributed by atoms with Crippen LogP contribution in [0.5, 0.6) is 5.75 Å². The molecular formula is C12H19NO2. The Kier molecular flexibility index (Phi) is 5.15. The molecule has 0 aliphatic heterocycles.